The van der Waals surface area contributed by atoms with Gasteiger partial charge in [0.2, 0.25) is 0 Å². The van der Waals surface area contributed by atoms with Crippen LogP contribution in [0, 0.1) is 11.8 Å². The number of carboxylic acids is 1. The number of aliphatic hydroxyl groups is 3. The molecule has 2 saturated carbocycles. The fraction of sp³-hybridized carbons (Fsp3) is 0.571. The first-order valence-electron chi connectivity index (χ1n) is 11.3. The third kappa shape index (κ3) is 3.27. The lowest BCUT2D eigenvalue weighted by Crippen LogP contribution is -2.33. The highest BCUT2D eigenvalue weighted by Gasteiger charge is 2.44. The molecule has 13 nitrogen and oxygen atoms in total. The normalized spacial score (nSPS) is 32.6. The first kappa shape index (κ1) is 21.4. The van der Waals surface area contributed by atoms with Crippen molar-refractivity contribution in [2.24, 2.45) is 11.8 Å². The topological polar surface area (TPSA) is 192 Å². The monoisotopic (exact) mass is 471 g/mol. The maximum absolute atomic E-state index is 11.7. The number of aliphatic hydroxyl groups excluding tert-OH is 3. The van der Waals surface area contributed by atoms with Crippen LogP contribution in [0.15, 0.2) is 12.5 Å². The van der Waals surface area contributed by atoms with Crippen LogP contribution in [0.25, 0.3) is 22.7 Å². The zero-order valence-electron chi connectivity index (χ0n) is 18.1. The number of nitrogens with zero attached hydrogens (tertiary/aromatic N) is 5. The Kier molecular flexibility index (Phi) is 5.02. The van der Waals surface area contributed by atoms with Gasteiger partial charge in [-0.05, 0) is 31.1 Å². The quantitative estimate of drug-likeness (QED) is 0.286. The van der Waals surface area contributed by atoms with E-state index in [2.05, 4.69) is 30.5 Å². The molecule has 3 fully saturated rings. The number of rotatable bonds is 6. The summed E-state index contributed by atoms with van der Waals surface area (Å²) in [5.74, 6) is 0.618. The molecule has 2 bridgehead atoms. The Morgan fingerprint density at radius 2 is 2.09 bits per heavy atom. The van der Waals surface area contributed by atoms with Gasteiger partial charge in [-0.2, -0.15) is 5.10 Å². The molecular formula is C21H25N7O6. The van der Waals surface area contributed by atoms with Crippen LogP contribution >= 0.6 is 0 Å². The number of ether oxygens (including phenoxy) is 1. The molecule has 6 N–H and O–H groups in total. The van der Waals surface area contributed by atoms with E-state index in [0.717, 1.165) is 12.8 Å². The molecule has 4 heterocycles. The molecule has 13 heteroatoms. The molecule has 2 aliphatic carbocycles. The van der Waals surface area contributed by atoms with Crippen molar-refractivity contribution in [1.29, 1.82) is 0 Å². The largest absolute Gasteiger partial charge is 0.478 e. The molecule has 0 spiro atoms. The zero-order valence-corrected chi connectivity index (χ0v) is 18.1. The van der Waals surface area contributed by atoms with E-state index in [1.807, 2.05) is 0 Å². The lowest BCUT2D eigenvalue weighted by molar-refractivity contribution is -0.0511. The zero-order chi connectivity index (χ0) is 23.6. The van der Waals surface area contributed by atoms with Crippen LogP contribution in [0.5, 0.6) is 0 Å². The SMILES string of the molecule is O=C(O)c1cn[nH]c1-c1nc(NC2CC3CCC2C3)c2ncn(C3O[C@H](CO)[C@@H](O)[C@H]3O)c2n1. The van der Waals surface area contributed by atoms with Crippen molar-refractivity contribution >= 4 is 23.0 Å². The van der Waals surface area contributed by atoms with Gasteiger partial charge in [-0.25, -0.2) is 19.7 Å². The molecule has 3 aromatic heterocycles. The number of hydrogen-bond acceptors (Lipinski definition) is 10. The van der Waals surface area contributed by atoms with Crippen molar-refractivity contribution in [3.8, 4) is 11.5 Å². The van der Waals surface area contributed by atoms with Crippen LogP contribution in [-0.2, 0) is 4.74 Å². The Morgan fingerprint density at radius 3 is 2.76 bits per heavy atom. The molecule has 4 unspecified atom stereocenters. The van der Waals surface area contributed by atoms with E-state index in [4.69, 9.17) is 4.74 Å². The number of nitrogens with one attached hydrogen (secondary N) is 2. The Bertz CT molecular complexity index is 1240. The second-order valence-corrected chi connectivity index (χ2v) is 9.34. The number of aromatic nitrogens is 6. The number of H-pyrrole nitrogens is 1. The number of anilines is 1. The van der Waals surface area contributed by atoms with E-state index < -0.39 is 37.1 Å². The van der Waals surface area contributed by atoms with Gasteiger partial charge in [0.1, 0.15) is 29.6 Å². The molecular weight excluding hydrogens is 446 g/mol. The lowest BCUT2D eigenvalue weighted by Gasteiger charge is -2.24. The molecule has 6 rings (SSSR count). The Hall–Kier alpha value is -3.13. The summed E-state index contributed by atoms with van der Waals surface area (Å²) < 4.78 is 7.14. The fourth-order valence-corrected chi connectivity index (χ4v) is 5.64. The number of fused-ring (bicyclic) bond motifs is 3. The van der Waals surface area contributed by atoms with Crippen molar-refractivity contribution in [1.82, 2.24) is 29.7 Å². The minimum absolute atomic E-state index is 0.0794. The predicted octanol–water partition coefficient (Wildman–Crippen LogP) is 0.127. The second-order valence-electron chi connectivity index (χ2n) is 9.34. The Morgan fingerprint density at radius 1 is 1.24 bits per heavy atom. The van der Waals surface area contributed by atoms with Crippen LogP contribution in [0.1, 0.15) is 42.3 Å². The average Bonchev–Trinajstić information content (AvgIpc) is 3.64. The predicted molar refractivity (Wildman–Crippen MR) is 116 cm³/mol. The number of carboxylic acid groups (broad SMARTS) is 1. The summed E-state index contributed by atoms with van der Waals surface area (Å²) in [6.45, 7) is -0.464. The van der Waals surface area contributed by atoms with Crippen molar-refractivity contribution in [2.45, 2.75) is 56.3 Å². The van der Waals surface area contributed by atoms with Crippen molar-refractivity contribution < 1.29 is 30.0 Å². The molecule has 7 atom stereocenters. The summed E-state index contributed by atoms with van der Waals surface area (Å²) in [5.41, 5.74) is 0.778. The Balaban J connectivity index is 1.46. The maximum Gasteiger partial charge on any atom is 0.339 e. The third-order valence-electron chi connectivity index (χ3n) is 7.37. The van der Waals surface area contributed by atoms with Crippen LogP contribution in [0.4, 0.5) is 5.82 Å². The second kappa shape index (κ2) is 7.98. The summed E-state index contributed by atoms with van der Waals surface area (Å²) in [4.78, 5) is 25.3. The number of aromatic amines is 1. The summed E-state index contributed by atoms with van der Waals surface area (Å²) >= 11 is 0. The highest BCUT2D eigenvalue weighted by molar-refractivity contribution is 5.94. The fourth-order valence-electron chi connectivity index (χ4n) is 5.64. The van der Waals surface area contributed by atoms with Crippen molar-refractivity contribution in [2.75, 3.05) is 11.9 Å². The molecule has 180 valence electrons. The molecule has 3 aliphatic rings. The van der Waals surface area contributed by atoms with E-state index >= 15 is 0 Å². The van der Waals surface area contributed by atoms with Gasteiger partial charge in [0.25, 0.3) is 0 Å². The van der Waals surface area contributed by atoms with Gasteiger partial charge in [-0.15, -0.1) is 0 Å². The van der Waals surface area contributed by atoms with Gasteiger partial charge < -0.3 is 30.5 Å². The number of hydrogen-bond donors (Lipinski definition) is 6. The third-order valence-corrected chi connectivity index (χ3v) is 7.37. The first-order valence-corrected chi connectivity index (χ1v) is 11.3. The maximum atomic E-state index is 11.7. The molecule has 0 amide bonds. The molecule has 3 aromatic rings. The lowest BCUT2D eigenvalue weighted by atomic mass is 9.95. The average molecular weight is 471 g/mol. The van der Waals surface area contributed by atoms with Gasteiger partial charge in [-0.3, -0.25) is 9.67 Å². The van der Waals surface area contributed by atoms with Gasteiger partial charge in [0.15, 0.2) is 29.0 Å². The smallest absolute Gasteiger partial charge is 0.339 e. The van der Waals surface area contributed by atoms with Crippen molar-refractivity contribution in [3.63, 3.8) is 0 Å². The van der Waals surface area contributed by atoms with E-state index in [0.29, 0.717) is 23.2 Å². The molecule has 1 aliphatic heterocycles. The van der Waals surface area contributed by atoms with Crippen LogP contribution in [0.2, 0.25) is 0 Å². The number of imidazole rings is 1. The Labute approximate surface area is 192 Å². The van der Waals surface area contributed by atoms with Crippen LogP contribution in [0.3, 0.4) is 0 Å². The number of carbonyl (C=O) groups is 1. The van der Waals surface area contributed by atoms with E-state index in [9.17, 15) is 25.2 Å². The summed E-state index contributed by atoms with van der Waals surface area (Å²) in [5, 5.41) is 49.8. The minimum atomic E-state index is -1.32. The molecule has 0 radical (unpaired) electrons. The van der Waals surface area contributed by atoms with E-state index in [1.165, 1.54) is 29.9 Å². The minimum Gasteiger partial charge on any atom is -0.478 e. The standard InChI is InChI=1S/C21H25N7O6/c29-6-12-15(30)16(31)20(34-12)28-7-22-14-18(24-11-4-8-1-2-9(11)3-8)25-17(26-19(14)28)13-10(21(32)33)5-23-27-13/h5,7-9,11-12,15-16,20,29-31H,1-4,6H2,(H,23,27)(H,32,33)(H,24,25,26)/t8?,9?,11?,12-,15-,16-,20?/m1/s1. The van der Waals surface area contributed by atoms with Gasteiger partial charge >= 0.3 is 5.97 Å². The van der Waals surface area contributed by atoms with Crippen LogP contribution in [-0.4, -0.2) is 87.1 Å². The highest BCUT2D eigenvalue weighted by atomic mass is 16.6. The summed E-state index contributed by atoms with van der Waals surface area (Å²) in [6, 6.07) is 0.226. The molecule has 0 aromatic carbocycles. The summed E-state index contributed by atoms with van der Waals surface area (Å²) in [6.07, 6.45) is 2.62. The number of aromatic carboxylic acids is 1. The van der Waals surface area contributed by atoms with Crippen molar-refractivity contribution in [3.05, 3.63) is 18.1 Å². The van der Waals surface area contributed by atoms with Gasteiger partial charge in [0.05, 0.1) is 19.1 Å². The van der Waals surface area contributed by atoms with Gasteiger partial charge in [0, 0.05) is 6.04 Å². The van der Waals surface area contributed by atoms with E-state index in [-0.39, 0.29) is 28.8 Å². The first-order chi connectivity index (χ1) is 16.4. The van der Waals surface area contributed by atoms with Crippen LogP contribution < -0.4 is 5.32 Å². The van der Waals surface area contributed by atoms with Gasteiger partial charge in [-0.1, -0.05) is 6.42 Å². The van der Waals surface area contributed by atoms with E-state index in [1.54, 1.807) is 0 Å². The molecule has 34 heavy (non-hydrogen) atoms. The molecule has 1 saturated heterocycles. The summed E-state index contributed by atoms with van der Waals surface area (Å²) in [7, 11) is 0. The highest BCUT2D eigenvalue weighted by Crippen LogP contribution is 2.46.